The maximum absolute atomic E-state index is 13.3. The van der Waals surface area contributed by atoms with Crippen LogP contribution in [-0.2, 0) is 0 Å². The van der Waals surface area contributed by atoms with E-state index in [1.54, 1.807) is 54.4 Å². The largest absolute Gasteiger partial charge is 0.457 e. The van der Waals surface area contributed by atoms with Gasteiger partial charge < -0.3 is 30.1 Å². The quantitative estimate of drug-likeness (QED) is 0.349. The Kier molecular flexibility index (Phi) is 8.16. The number of ether oxygens (including phenoxy) is 2. The first-order valence-electron chi connectivity index (χ1n) is 12.5. The monoisotopic (exact) mass is 521 g/mol. The van der Waals surface area contributed by atoms with E-state index in [-0.39, 0.29) is 24.3 Å². The number of likely N-dealkylation sites (tertiary alicyclic amines) is 1. The number of hydrogen-bond acceptors (Lipinski definition) is 5. The van der Waals surface area contributed by atoms with Gasteiger partial charge in [-0.2, -0.15) is 0 Å². The molecule has 3 aromatic rings. The topological polar surface area (TPSA) is 100 Å². The van der Waals surface area contributed by atoms with Crippen molar-refractivity contribution in [2.45, 2.75) is 32.3 Å². The van der Waals surface area contributed by atoms with Gasteiger partial charge in [0.2, 0.25) is 0 Å². The highest BCUT2D eigenvalue weighted by Gasteiger charge is 2.38. The van der Waals surface area contributed by atoms with Gasteiger partial charge >= 0.3 is 6.03 Å². The molecule has 3 aromatic carbocycles. The molecule has 3 N–H and O–H groups in total. The fourth-order valence-corrected chi connectivity index (χ4v) is 4.51. The van der Waals surface area contributed by atoms with Crippen LogP contribution in [0.1, 0.15) is 37.0 Å². The van der Waals surface area contributed by atoms with Gasteiger partial charge in [-0.05, 0) is 67.3 Å². The molecule has 1 atom stereocenters. The molecule has 0 spiro atoms. The van der Waals surface area contributed by atoms with E-state index in [4.69, 9.17) is 9.47 Å². The number of amides is 3. The number of hydrogen-bond donors (Lipinski definition) is 3. The van der Waals surface area contributed by atoms with Crippen LogP contribution in [-0.4, -0.2) is 47.7 Å². The summed E-state index contributed by atoms with van der Waals surface area (Å²) in [5.74, 6) is 1.35. The maximum atomic E-state index is 13.3. The second-order valence-electron chi connectivity index (χ2n) is 9.88. The predicted octanol–water partition coefficient (Wildman–Crippen LogP) is 5.78. The number of carbonyl (C=O) groups is 2. The molecule has 0 bridgehead atoms. The van der Waals surface area contributed by atoms with Crippen LogP contribution in [0.3, 0.4) is 0 Å². The van der Waals surface area contributed by atoms with Crippen molar-refractivity contribution in [2.75, 3.05) is 25.5 Å². The lowest BCUT2D eigenvalue weighted by atomic mass is 9.92. The van der Waals surface area contributed by atoms with Crippen molar-refractivity contribution in [3.05, 3.63) is 78.1 Å². The Balaban J connectivity index is 1.54. The summed E-state index contributed by atoms with van der Waals surface area (Å²) in [6, 6.07) is 16.8. The standard InChI is InChI=1S/C29H32FN3O5/c1-19(2)17-29(36)12-13-33(18-29)28(35)32-22-14-25(37-23-8-4-20(5-9-23)27(34)31-3)16-26(15-22)38-24-10-6-21(30)7-11-24/h4-11,14-16,19,36H,12-13,17-18H2,1-3H3,(H,31,34)(H,32,35). The molecule has 38 heavy (non-hydrogen) atoms. The summed E-state index contributed by atoms with van der Waals surface area (Å²) in [6.07, 6.45) is 1.14. The van der Waals surface area contributed by atoms with E-state index < -0.39 is 5.60 Å². The highest BCUT2D eigenvalue weighted by atomic mass is 19.1. The number of β-amino-alcohol motifs (C(OH)–C–C–N with tert-alkyl or cyclic N) is 1. The van der Waals surface area contributed by atoms with Crippen LogP contribution in [0.4, 0.5) is 14.9 Å². The number of aliphatic hydroxyl groups is 1. The summed E-state index contributed by atoms with van der Waals surface area (Å²) < 4.78 is 25.2. The summed E-state index contributed by atoms with van der Waals surface area (Å²) >= 11 is 0. The highest BCUT2D eigenvalue weighted by Crippen LogP contribution is 2.34. The molecule has 0 radical (unpaired) electrons. The smallest absolute Gasteiger partial charge is 0.321 e. The van der Waals surface area contributed by atoms with Gasteiger partial charge in [0.15, 0.2) is 0 Å². The summed E-state index contributed by atoms with van der Waals surface area (Å²) in [5.41, 5.74) is 0.0175. The first-order chi connectivity index (χ1) is 18.1. The molecule has 9 heteroatoms. The van der Waals surface area contributed by atoms with Crippen LogP contribution >= 0.6 is 0 Å². The van der Waals surface area contributed by atoms with Gasteiger partial charge in [0.1, 0.15) is 28.8 Å². The summed E-state index contributed by atoms with van der Waals surface area (Å²) in [7, 11) is 1.56. The molecule has 1 fully saturated rings. The van der Waals surface area contributed by atoms with Crippen LogP contribution < -0.4 is 20.1 Å². The van der Waals surface area contributed by atoms with Gasteiger partial charge in [-0.25, -0.2) is 9.18 Å². The molecular formula is C29H32FN3O5. The van der Waals surface area contributed by atoms with E-state index in [9.17, 15) is 19.1 Å². The molecule has 1 aliphatic rings. The lowest BCUT2D eigenvalue weighted by Gasteiger charge is -2.25. The van der Waals surface area contributed by atoms with E-state index in [1.807, 2.05) is 13.8 Å². The van der Waals surface area contributed by atoms with Crippen molar-refractivity contribution < 1.29 is 28.6 Å². The lowest BCUT2D eigenvalue weighted by Crippen LogP contribution is -2.38. The van der Waals surface area contributed by atoms with Crippen LogP contribution in [0, 0.1) is 11.7 Å². The number of nitrogens with one attached hydrogen (secondary N) is 2. The summed E-state index contributed by atoms with van der Waals surface area (Å²) in [6.45, 7) is 4.79. The first kappa shape index (κ1) is 26.9. The van der Waals surface area contributed by atoms with Crippen molar-refractivity contribution in [1.82, 2.24) is 10.2 Å². The van der Waals surface area contributed by atoms with E-state index >= 15 is 0 Å². The summed E-state index contributed by atoms with van der Waals surface area (Å²) in [4.78, 5) is 26.4. The summed E-state index contributed by atoms with van der Waals surface area (Å²) in [5, 5.41) is 16.3. The van der Waals surface area contributed by atoms with Crippen molar-refractivity contribution in [1.29, 1.82) is 0 Å². The Morgan fingerprint density at radius 1 is 0.974 bits per heavy atom. The second kappa shape index (κ2) is 11.5. The minimum atomic E-state index is -0.895. The third-order valence-electron chi connectivity index (χ3n) is 6.17. The molecule has 200 valence electrons. The third kappa shape index (κ3) is 7.01. The fraction of sp³-hybridized carbons (Fsp3) is 0.310. The zero-order chi connectivity index (χ0) is 27.3. The van der Waals surface area contributed by atoms with Crippen molar-refractivity contribution in [3.63, 3.8) is 0 Å². The van der Waals surface area contributed by atoms with E-state index in [2.05, 4.69) is 10.6 Å². The van der Waals surface area contributed by atoms with Crippen molar-refractivity contribution >= 4 is 17.6 Å². The number of carbonyl (C=O) groups excluding carboxylic acids is 2. The van der Waals surface area contributed by atoms with Crippen molar-refractivity contribution in [3.8, 4) is 23.0 Å². The van der Waals surface area contributed by atoms with E-state index in [1.165, 1.54) is 24.3 Å². The number of anilines is 1. The number of halogens is 1. The normalized spacial score (nSPS) is 16.8. The molecule has 0 aliphatic carbocycles. The second-order valence-corrected chi connectivity index (χ2v) is 9.88. The molecule has 8 nitrogen and oxygen atoms in total. The van der Waals surface area contributed by atoms with Crippen LogP contribution in [0.2, 0.25) is 0 Å². The highest BCUT2D eigenvalue weighted by molar-refractivity contribution is 5.94. The average Bonchev–Trinajstić information content (AvgIpc) is 3.26. The van der Waals surface area contributed by atoms with Gasteiger partial charge in [0, 0.05) is 43.0 Å². The Morgan fingerprint density at radius 2 is 1.55 bits per heavy atom. The molecule has 4 rings (SSSR count). The molecule has 1 saturated heterocycles. The van der Waals surface area contributed by atoms with Crippen LogP contribution in [0.15, 0.2) is 66.7 Å². The Bertz CT molecular complexity index is 1280. The Labute approximate surface area is 221 Å². The lowest BCUT2D eigenvalue weighted by molar-refractivity contribution is 0.0323. The van der Waals surface area contributed by atoms with Gasteiger partial charge in [-0.15, -0.1) is 0 Å². The third-order valence-corrected chi connectivity index (χ3v) is 6.17. The number of urea groups is 1. The van der Waals surface area contributed by atoms with Crippen molar-refractivity contribution in [2.24, 2.45) is 5.92 Å². The Morgan fingerprint density at radius 3 is 2.11 bits per heavy atom. The molecule has 0 aromatic heterocycles. The number of nitrogens with zero attached hydrogens (tertiary/aromatic N) is 1. The average molecular weight is 522 g/mol. The van der Waals surface area contributed by atoms with Crippen LogP contribution in [0.25, 0.3) is 0 Å². The van der Waals surface area contributed by atoms with E-state index in [0.717, 1.165) is 0 Å². The van der Waals surface area contributed by atoms with E-state index in [0.29, 0.717) is 59.6 Å². The van der Waals surface area contributed by atoms with Gasteiger partial charge in [0.05, 0.1) is 12.1 Å². The van der Waals surface area contributed by atoms with Gasteiger partial charge in [-0.3, -0.25) is 4.79 Å². The fourth-order valence-electron chi connectivity index (χ4n) is 4.51. The molecule has 3 amide bonds. The molecule has 1 unspecified atom stereocenters. The minimum absolute atomic E-state index is 0.210. The van der Waals surface area contributed by atoms with Gasteiger partial charge in [-0.1, -0.05) is 13.8 Å². The molecular weight excluding hydrogens is 489 g/mol. The number of benzene rings is 3. The zero-order valence-corrected chi connectivity index (χ0v) is 21.7. The molecule has 1 aliphatic heterocycles. The minimum Gasteiger partial charge on any atom is -0.457 e. The predicted molar refractivity (Wildman–Crippen MR) is 142 cm³/mol. The zero-order valence-electron chi connectivity index (χ0n) is 21.7. The molecule has 0 saturated carbocycles. The Hall–Kier alpha value is -4.11. The molecule has 1 heterocycles. The first-order valence-corrected chi connectivity index (χ1v) is 12.5. The van der Waals surface area contributed by atoms with Gasteiger partial charge in [0.25, 0.3) is 5.91 Å². The van der Waals surface area contributed by atoms with Crippen LogP contribution in [0.5, 0.6) is 23.0 Å². The maximum Gasteiger partial charge on any atom is 0.321 e. The SMILES string of the molecule is CNC(=O)c1ccc(Oc2cc(NC(=O)N3CCC(O)(CC(C)C)C3)cc(Oc3ccc(F)cc3)c2)cc1. The number of rotatable bonds is 8.